The molecule has 12 nitrogen and oxygen atoms in total. The Morgan fingerprint density at radius 1 is 1.00 bits per heavy atom. The molecule has 0 saturated carbocycles. The van der Waals surface area contributed by atoms with Crippen LogP contribution in [-0.2, 0) is 20.8 Å². The smallest absolute Gasteiger partial charge is 0.326 e. The molecule has 41 heavy (non-hydrogen) atoms. The SMILES string of the molecule is CC(=O)NCCc1ccc(C(=Nc2ccc(C=C3NC(=O)NC3=O)cc2)C2C(=O)Nc3ccc([N+](=O)[O-])cc32)cc1. The molecule has 0 bridgehead atoms. The van der Waals surface area contributed by atoms with E-state index in [1.165, 1.54) is 31.2 Å². The summed E-state index contributed by atoms with van der Waals surface area (Å²) in [5.41, 5.74) is 4.04. The molecule has 1 atom stereocenters. The molecule has 1 fully saturated rings. The number of carbonyl (C=O) groups is 4. The third-order valence-electron chi connectivity index (χ3n) is 6.56. The highest BCUT2D eigenvalue weighted by atomic mass is 16.6. The summed E-state index contributed by atoms with van der Waals surface area (Å²) in [6.07, 6.45) is 2.13. The molecule has 3 aromatic rings. The Morgan fingerprint density at radius 2 is 1.73 bits per heavy atom. The molecule has 2 heterocycles. The number of hydrogen-bond acceptors (Lipinski definition) is 7. The summed E-state index contributed by atoms with van der Waals surface area (Å²) in [5, 5.41) is 21.6. The Bertz CT molecular complexity index is 1640. The number of benzene rings is 3. The van der Waals surface area contributed by atoms with Gasteiger partial charge in [0.15, 0.2) is 0 Å². The number of imide groups is 1. The number of nitrogens with zero attached hydrogens (tertiary/aromatic N) is 2. The molecule has 5 amide bonds. The molecule has 1 unspecified atom stereocenters. The van der Waals surface area contributed by atoms with Gasteiger partial charge in [0, 0.05) is 36.9 Å². The molecule has 3 aromatic carbocycles. The van der Waals surface area contributed by atoms with Crippen molar-refractivity contribution in [3.8, 4) is 0 Å². The molecule has 0 radical (unpaired) electrons. The second kappa shape index (κ2) is 11.2. The van der Waals surface area contributed by atoms with Gasteiger partial charge in [-0.25, -0.2) is 4.79 Å². The molecule has 12 heteroatoms. The van der Waals surface area contributed by atoms with Gasteiger partial charge < -0.3 is 16.0 Å². The van der Waals surface area contributed by atoms with Crippen molar-refractivity contribution in [2.24, 2.45) is 4.99 Å². The molecular formula is C29H24N6O6. The number of urea groups is 1. The van der Waals surface area contributed by atoms with Crippen LogP contribution >= 0.6 is 0 Å². The Morgan fingerprint density at radius 3 is 2.37 bits per heavy atom. The molecule has 206 valence electrons. The number of nitro groups is 1. The minimum atomic E-state index is -0.908. The number of anilines is 1. The van der Waals surface area contributed by atoms with E-state index < -0.39 is 22.8 Å². The van der Waals surface area contributed by atoms with E-state index in [1.54, 1.807) is 24.3 Å². The fourth-order valence-electron chi connectivity index (χ4n) is 4.59. The van der Waals surface area contributed by atoms with Crippen molar-refractivity contribution < 1.29 is 24.1 Å². The lowest BCUT2D eigenvalue weighted by Gasteiger charge is -2.15. The van der Waals surface area contributed by atoms with Crippen molar-refractivity contribution in [2.45, 2.75) is 19.3 Å². The summed E-state index contributed by atoms with van der Waals surface area (Å²) in [6, 6.07) is 17.9. The van der Waals surface area contributed by atoms with Crippen LogP contribution in [0.4, 0.5) is 21.9 Å². The van der Waals surface area contributed by atoms with E-state index in [2.05, 4.69) is 21.3 Å². The predicted molar refractivity (Wildman–Crippen MR) is 151 cm³/mol. The average molecular weight is 553 g/mol. The monoisotopic (exact) mass is 552 g/mol. The van der Waals surface area contributed by atoms with E-state index in [4.69, 9.17) is 4.99 Å². The highest BCUT2D eigenvalue weighted by Gasteiger charge is 2.36. The minimum absolute atomic E-state index is 0.116. The van der Waals surface area contributed by atoms with E-state index in [-0.39, 0.29) is 23.2 Å². The number of amides is 5. The van der Waals surface area contributed by atoms with Crippen molar-refractivity contribution in [2.75, 3.05) is 11.9 Å². The van der Waals surface area contributed by atoms with Gasteiger partial charge in [0.1, 0.15) is 11.6 Å². The summed E-state index contributed by atoms with van der Waals surface area (Å²) in [7, 11) is 0. The fourth-order valence-corrected chi connectivity index (χ4v) is 4.59. The maximum Gasteiger partial charge on any atom is 0.326 e. The zero-order chi connectivity index (χ0) is 29.1. The Labute approximate surface area is 233 Å². The van der Waals surface area contributed by atoms with Crippen molar-refractivity contribution >= 4 is 52.6 Å². The molecule has 0 spiro atoms. The number of rotatable bonds is 8. The van der Waals surface area contributed by atoms with E-state index in [9.17, 15) is 29.3 Å². The van der Waals surface area contributed by atoms with Crippen LogP contribution < -0.4 is 21.3 Å². The van der Waals surface area contributed by atoms with Crippen molar-refractivity contribution in [1.82, 2.24) is 16.0 Å². The van der Waals surface area contributed by atoms with Gasteiger partial charge in [0.2, 0.25) is 11.8 Å². The number of fused-ring (bicyclic) bond motifs is 1. The zero-order valence-corrected chi connectivity index (χ0v) is 21.8. The number of hydrogen-bond donors (Lipinski definition) is 4. The standard InChI is InChI=1S/C29H24N6O6/c1-16(36)30-13-12-17-2-6-19(7-3-17)26(25-22-15-21(35(40)41)10-11-23(22)32-28(25)38)31-20-8-4-18(5-9-20)14-24-27(37)34-29(39)33-24/h2-11,14-15,25H,12-13H2,1H3,(H,30,36)(H,32,38)(H2,33,34,37,39). The first kappa shape index (κ1) is 26.9. The van der Waals surface area contributed by atoms with Crippen molar-refractivity contribution in [1.29, 1.82) is 0 Å². The van der Waals surface area contributed by atoms with Gasteiger partial charge in [-0.05, 0) is 47.4 Å². The molecule has 0 aromatic heterocycles. The van der Waals surface area contributed by atoms with Crippen LogP contribution in [0.1, 0.15) is 35.1 Å². The number of aliphatic imine (C=N–C) groups is 1. The third-order valence-corrected chi connectivity index (χ3v) is 6.56. The molecular weight excluding hydrogens is 528 g/mol. The zero-order valence-electron chi connectivity index (χ0n) is 21.8. The van der Waals surface area contributed by atoms with Crippen LogP contribution in [0.3, 0.4) is 0 Å². The molecule has 1 saturated heterocycles. The average Bonchev–Trinajstić information content (AvgIpc) is 3.44. The molecule has 2 aliphatic rings. The second-order valence-electron chi connectivity index (χ2n) is 9.44. The van der Waals surface area contributed by atoms with Crippen LogP contribution in [-0.4, -0.2) is 40.9 Å². The number of nitro benzene ring substituents is 1. The minimum Gasteiger partial charge on any atom is -0.356 e. The Hall–Kier alpha value is -5.65. The largest absolute Gasteiger partial charge is 0.356 e. The quantitative estimate of drug-likeness (QED) is 0.110. The summed E-state index contributed by atoms with van der Waals surface area (Å²) in [6.45, 7) is 1.93. The molecule has 5 rings (SSSR count). The van der Waals surface area contributed by atoms with Crippen LogP contribution in [0.2, 0.25) is 0 Å². The lowest BCUT2D eigenvalue weighted by Crippen LogP contribution is -2.23. The van der Waals surface area contributed by atoms with Gasteiger partial charge >= 0.3 is 6.03 Å². The van der Waals surface area contributed by atoms with E-state index in [1.807, 2.05) is 24.3 Å². The van der Waals surface area contributed by atoms with Gasteiger partial charge in [0.05, 0.1) is 16.3 Å². The molecule has 2 aliphatic heterocycles. The molecule has 0 aliphatic carbocycles. The predicted octanol–water partition coefficient (Wildman–Crippen LogP) is 3.31. The lowest BCUT2D eigenvalue weighted by atomic mass is 9.90. The Balaban J connectivity index is 1.52. The second-order valence-corrected chi connectivity index (χ2v) is 9.44. The third kappa shape index (κ3) is 6.01. The van der Waals surface area contributed by atoms with Gasteiger partial charge in [-0.3, -0.25) is 34.8 Å². The topological polar surface area (TPSA) is 172 Å². The number of non-ortho nitro benzene ring substituents is 1. The number of nitrogens with one attached hydrogen (secondary N) is 4. The van der Waals surface area contributed by atoms with Crippen molar-refractivity contribution in [3.05, 3.63) is 105 Å². The Kier molecular flexibility index (Phi) is 7.37. The lowest BCUT2D eigenvalue weighted by molar-refractivity contribution is -0.384. The van der Waals surface area contributed by atoms with Gasteiger partial charge in [0.25, 0.3) is 11.6 Å². The van der Waals surface area contributed by atoms with E-state index >= 15 is 0 Å². The summed E-state index contributed by atoms with van der Waals surface area (Å²) in [5.74, 6) is -1.91. The van der Waals surface area contributed by atoms with Crippen LogP contribution in [0.5, 0.6) is 0 Å². The van der Waals surface area contributed by atoms with Crippen LogP contribution in [0.15, 0.2) is 77.4 Å². The van der Waals surface area contributed by atoms with Crippen LogP contribution in [0.25, 0.3) is 6.08 Å². The molecule has 4 N–H and O–H groups in total. The first-order valence-electron chi connectivity index (χ1n) is 12.6. The first-order valence-corrected chi connectivity index (χ1v) is 12.6. The van der Waals surface area contributed by atoms with E-state index in [0.29, 0.717) is 46.7 Å². The first-order chi connectivity index (χ1) is 19.7. The van der Waals surface area contributed by atoms with Crippen molar-refractivity contribution in [3.63, 3.8) is 0 Å². The highest BCUT2D eigenvalue weighted by molar-refractivity contribution is 6.24. The van der Waals surface area contributed by atoms with Gasteiger partial charge in [-0.1, -0.05) is 36.4 Å². The maximum atomic E-state index is 13.2. The fraction of sp³-hybridized carbons (Fsp3) is 0.138. The number of carbonyl (C=O) groups excluding carboxylic acids is 4. The highest BCUT2D eigenvalue weighted by Crippen LogP contribution is 2.38. The summed E-state index contributed by atoms with van der Waals surface area (Å²) >= 11 is 0. The maximum absolute atomic E-state index is 13.2. The van der Waals surface area contributed by atoms with Gasteiger partial charge in [-0.2, -0.15) is 0 Å². The summed E-state index contributed by atoms with van der Waals surface area (Å²) < 4.78 is 0. The van der Waals surface area contributed by atoms with E-state index in [0.717, 1.165) is 5.56 Å². The van der Waals surface area contributed by atoms with Crippen LogP contribution in [0, 0.1) is 10.1 Å². The normalized spacial score (nSPS) is 17.1. The summed E-state index contributed by atoms with van der Waals surface area (Å²) in [4.78, 5) is 63.4. The van der Waals surface area contributed by atoms with Gasteiger partial charge in [-0.15, -0.1) is 0 Å².